The van der Waals surface area contributed by atoms with Gasteiger partial charge in [0, 0.05) is 17.8 Å². The Balaban J connectivity index is 1.76. The lowest BCUT2D eigenvalue weighted by Crippen LogP contribution is -2.11. The van der Waals surface area contributed by atoms with Crippen molar-refractivity contribution < 1.29 is 4.79 Å². The van der Waals surface area contributed by atoms with Crippen LogP contribution in [0.1, 0.15) is 21.7 Å². The van der Waals surface area contributed by atoms with Crippen LogP contribution in [0.15, 0.2) is 42.5 Å². The molecule has 0 aliphatic heterocycles. The Hall–Kier alpha value is -2.82. The van der Waals surface area contributed by atoms with Crippen LogP contribution in [0.2, 0.25) is 0 Å². The zero-order valence-corrected chi connectivity index (χ0v) is 11.7. The van der Waals surface area contributed by atoms with Gasteiger partial charge in [-0.05, 0) is 42.8 Å². The molecule has 2 aromatic carbocycles. The monoisotopic (exact) mass is 280 g/mol. The van der Waals surface area contributed by atoms with E-state index in [0.29, 0.717) is 12.1 Å². The Kier molecular flexibility index (Phi) is 3.31. The third-order valence-corrected chi connectivity index (χ3v) is 3.31. The molecule has 0 unspecified atom stereocenters. The largest absolute Gasteiger partial charge is 0.381 e. The summed E-state index contributed by atoms with van der Waals surface area (Å²) in [5.41, 5.74) is 9.76. The molecule has 0 aliphatic carbocycles. The van der Waals surface area contributed by atoms with Crippen molar-refractivity contribution >= 4 is 22.6 Å². The molecule has 0 saturated heterocycles. The van der Waals surface area contributed by atoms with E-state index in [1.54, 1.807) is 12.1 Å². The molecule has 0 fully saturated rings. The van der Waals surface area contributed by atoms with E-state index in [2.05, 4.69) is 15.3 Å². The maximum atomic E-state index is 11.2. The van der Waals surface area contributed by atoms with Crippen LogP contribution in [0.4, 0.5) is 5.69 Å². The van der Waals surface area contributed by atoms with Crippen LogP contribution in [-0.4, -0.2) is 15.9 Å². The number of imidazole rings is 1. The molecule has 1 amide bonds. The third-order valence-electron chi connectivity index (χ3n) is 3.31. The standard InChI is InChI=1S/C16H16N4O/c1-10-19-14-6-5-13(8-15(14)20-10)18-9-11-3-2-4-12(7-11)16(17)21/h2-8,18H,9H2,1H3,(H2,17,21)(H,19,20). The predicted molar refractivity (Wildman–Crippen MR) is 83.1 cm³/mol. The number of hydrogen-bond donors (Lipinski definition) is 3. The molecule has 106 valence electrons. The van der Waals surface area contributed by atoms with Gasteiger partial charge in [-0.2, -0.15) is 0 Å². The molecule has 0 atom stereocenters. The number of nitrogens with two attached hydrogens (primary N) is 1. The number of aromatic nitrogens is 2. The summed E-state index contributed by atoms with van der Waals surface area (Å²) in [4.78, 5) is 18.7. The van der Waals surface area contributed by atoms with E-state index in [0.717, 1.165) is 28.1 Å². The van der Waals surface area contributed by atoms with Crippen molar-refractivity contribution in [2.75, 3.05) is 5.32 Å². The quantitative estimate of drug-likeness (QED) is 0.686. The number of hydrogen-bond acceptors (Lipinski definition) is 3. The highest BCUT2D eigenvalue weighted by molar-refractivity contribution is 5.92. The fourth-order valence-corrected chi connectivity index (χ4v) is 2.29. The smallest absolute Gasteiger partial charge is 0.248 e. The summed E-state index contributed by atoms with van der Waals surface area (Å²) >= 11 is 0. The van der Waals surface area contributed by atoms with Gasteiger partial charge in [0.25, 0.3) is 0 Å². The van der Waals surface area contributed by atoms with E-state index in [1.165, 1.54) is 0 Å². The summed E-state index contributed by atoms with van der Waals surface area (Å²) in [6.45, 7) is 2.56. The van der Waals surface area contributed by atoms with E-state index in [9.17, 15) is 4.79 Å². The van der Waals surface area contributed by atoms with E-state index in [4.69, 9.17) is 5.73 Å². The molecule has 1 aromatic heterocycles. The second-order valence-corrected chi connectivity index (χ2v) is 4.97. The minimum Gasteiger partial charge on any atom is -0.381 e. The van der Waals surface area contributed by atoms with Gasteiger partial charge in [-0.25, -0.2) is 4.98 Å². The summed E-state index contributed by atoms with van der Waals surface area (Å²) in [5.74, 6) is 0.488. The number of nitrogens with one attached hydrogen (secondary N) is 2. The van der Waals surface area contributed by atoms with E-state index >= 15 is 0 Å². The number of H-pyrrole nitrogens is 1. The van der Waals surface area contributed by atoms with Gasteiger partial charge in [-0.3, -0.25) is 4.79 Å². The van der Waals surface area contributed by atoms with Gasteiger partial charge in [0.2, 0.25) is 5.91 Å². The molecule has 5 heteroatoms. The van der Waals surface area contributed by atoms with Crippen molar-refractivity contribution in [3.05, 3.63) is 59.4 Å². The van der Waals surface area contributed by atoms with Gasteiger partial charge in [0.1, 0.15) is 5.82 Å². The molecule has 0 bridgehead atoms. The summed E-state index contributed by atoms with van der Waals surface area (Å²) in [7, 11) is 0. The van der Waals surface area contributed by atoms with Crippen LogP contribution < -0.4 is 11.1 Å². The van der Waals surface area contributed by atoms with Crippen molar-refractivity contribution in [3.8, 4) is 0 Å². The highest BCUT2D eigenvalue weighted by atomic mass is 16.1. The number of carbonyl (C=O) groups excluding carboxylic acids is 1. The number of nitrogens with zero attached hydrogens (tertiary/aromatic N) is 1. The number of benzene rings is 2. The number of aryl methyl sites for hydroxylation is 1. The lowest BCUT2D eigenvalue weighted by molar-refractivity contribution is 0.1000. The minimum absolute atomic E-state index is 0.411. The maximum Gasteiger partial charge on any atom is 0.248 e. The number of aromatic amines is 1. The van der Waals surface area contributed by atoms with Crippen molar-refractivity contribution in [2.45, 2.75) is 13.5 Å². The molecule has 4 N–H and O–H groups in total. The van der Waals surface area contributed by atoms with E-state index in [1.807, 2.05) is 37.3 Å². The fourth-order valence-electron chi connectivity index (χ4n) is 2.29. The molecule has 21 heavy (non-hydrogen) atoms. The number of fused-ring (bicyclic) bond motifs is 1. The van der Waals surface area contributed by atoms with Crippen LogP contribution in [0.25, 0.3) is 11.0 Å². The van der Waals surface area contributed by atoms with E-state index in [-0.39, 0.29) is 0 Å². The maximum absolute atomic E-state index is 11.2. The van der Waals surface area contributed by atoms with Gasteiger partial charge in [-0.1, -0.05) is 12.1 Å². The van der Waals surface area contributed by atoms with Gasteiger partial charge in [0.05, 0.1) is 11.0 Å². The Morgan fingerprint density at radius 3 is 2.95 bits per heavy atom. The summed E-state index contributed by atoms with van der Waals surface area (Å²) in [6.07, 6.45) is 0. The van der Waals surface area contributed by atoms with Crippen molar-refractivity contribution in [3.63, 3.8) is 0 Å². The molecule has 0 saturated carbocycles. The first-order valence-electron chi connectivity index (χ1n) is 6.71. The average Bonchev–Trinajstić information content (AvgIpc) is 2.84. The summed E-state index contributed by atoms with van der Waals surface area (Å²) < 4.78 is 0. The highest BCUT2D eigenvalue weighted by Crippen LogP contribution is 2.18. The number of amides is 1. The van der Waals surface area contributed by atoms with Crippen molar-refractivity contribution in [2.24, 2.45) is 5.73 Å². The normalized spacial score (nSPS) is 10.7. The fraction of sp³-hybridized carbons (Fsp3) is 0.125. The van der Waals surface area contributed by atoms with E-state index < -0.39 is 5.91 Å². The average molecular weight is 280 g/mol. The predicted octanol–water partition coefficient (Wildman–Crippen LogP) is 2.58. The number of primary amides is 1. The highest BCUT2D eigenvalue weighted by Gasteiger charge is 2.03. The first-order valence-corrected chi connectivity index (χ1v) is 6.71. The minimum atomic E-state index is -0.411. The topological polar surface area (TPSA) is 83.8 Å². The van der Waals surface area contributed by atoms with Crippen molar-refractivity contribution in [1.29, 1.82) is 0 Å². The zero-order chi connectivity index (χ0) is 14.8. The number of anilines is 1. The zero-order valence-electron chi connectivity index (χ0n) is 11.7. The Morgan fingerprint density at radius 1 is 1.29 bits per heavy atom. The Labute approximate surface area is 122 Å². The second kappa shape index (κ2) is 5.28. The van der Waals surface area contributed by atoms with Gasteiger partial charge in [-0.15, -0.1) is 0 Å². The molecule has 1 heterocycles. The Bertz CT molecular complexity index is 807. The molecule has 0 radical (unpaired) electrons. The summed E-state index contributed by atoms with van der Waals surface area (Å²) in [5, 5.41) is 3.33. The first kappa shape index (κ1) is 13.2. The molecule has 3 aromatic rings. The van der Waals surface area contributed by atoms with Gasteiger partial charge < -0.3 is 16.0 Å². The third kappa shape index (κ3) is 2.86. The summed E-state index contributed by atoms with van der Waals surface area (Å²) in [6, 6.07) is 13.3. The van der Waals surface area contributed by atoms with Gasteiger partial charge in [0.15, 0.2) is 0 Å². The van der Waals surface area contributed by atoms with Crippen molar-refractivity contribution in [1.82, 2.24) is 9.97 Å². The van der Waals surface area contributed by atoms with Gasteiger partial charge >= 0.3 is 0 Å². The molecule has 0 spiro atoms. The Morgan fingerprint density at radius 2 is 2.14 bits per heavy atom. The number of carbonyl (C=O) groups is 1. The molecular formula is C16H16N4O. The lowest BCUT2D eigenvalue weighted by atomic mass is 10.1. The van der Waals surface area contributed by atoms with Crippen LogP contribution in [0.3, 0.4) is 0 Å². The van der Waals surface area contributed by atoms with Crippen LogP contribution in [0, 0.1) is 6.92 Å². The lowest BCUT2D eigenvalue weighted by Gasteiger charge is -2.07. The molecule has 5 nitrogen and oxygen atoms in total. The number of rotatable bonds is 4. The molecule has 0 aliphatic rings. The van der Waals surface area contributed by atoms with Crippen LogP contribution in [-0.2, 0) is 6.54 Å². The molecule has 3 rings (SSSR count). The van der Waals surface area contributed by atoms with Crippen LogP contribution in [0.5, 0.6) is 0 Å². The first-order chi connectivity index (χ1) is 10.1. The van der Waals surface area contributed by atoms with Crippen LogP contribution >= 0.6 is 0 Å². The molecular weight excluding hydrogens is 264 g/mol. The SMILES string of the molecule is Cc1nc2ccc(NCc3cccc(C(N)=O)c3)cc2[nH]1. The second-order valence-electron chi connectivity index (χ2n) is 4.97.